The third-order valence-electron chi connectivity index (χ3n) is 6.16. The monoisotopic (exact) mass is 539 g/mol. The van der Waals surface area contributed by atoms with Gasteiger partial charge in [0.1, 0.15) is 11.8 Å². The molecule has 3 rings (SSSR count). The molecule has 2 amide bonds. The highest BCUT2D eigenvalue weighted by Gasteiger charge is 2.33. The third kappa shape index (κ3) is 7.11. The highest BCUT2D eigenvalue weighted by atomic mass is 32.2. The highest BCUT2D eigenvalue weighted by Crippen LogP contribution is 2.23. The van der Waals surface area contributed by atoms with Crippen LogP contribution in [-0.2, 0) is 26.2 Å². The second-order valence-electron chi connectivity index (χ2n) is 10.3. The van der Waals surface area contributed by atoms with Crippen molar-refractivity contribution < 1.29 is 22.7 Å². The minimum atomic E-state index is -3.96. The Balaban J connectivity index is 1.91. The van der Waals surface area contributed by atoms with Gasteiger partial charge in [0.05, 0.1) is 18.6 Å². The number of methoxy groups -OCH3 is 1. The number of nitrogens with one attached hydrogen (secondary N) is 1. The quantitative estimate of drug-likeness (QED) is 0.417. The van der Waals surface area contributed by atoms with E-state index < -0.39 is 34.1 Å². The fourth-order valence-electron chi connectivity index (χ4n) is 4.21. The summed E-state index contributed by atoms with van der Waals surface area (Å²) in [5.41, 5.74) is 0.269. The van der Waals surface area contributed by atoms with Crippen molar-refractivity contribution >= 4 is 32.6 Å². The summed E-state index contributed by atoms with van der Waals surface area (Å²) < 4.78 is 33.1. The van der Waals surface area contributed by atoms with E-state index >= 15 is 0 Å². The normalized spacial score (nSPS) is 12.8. The zero-order chi connectivity index (χ0) is 28.1. The summed E-state index contributed by atoms with van der Waals surface area (Å²) in [5, 5.41) is 4.66. The second-order valence-corrected chi connectivity index (χ2v) is 12.4. The number of sulfonamides is 1. The molecule has 38 heavy (non-hydrogen) atoms. The summed E-state index contributed by atoms with van der Waals surface area (Å²) in [6.45, 7) is 7.14. The van der Waals surface area contributed by atoms with Gasteiger partial charge in [-0.2, -0.15) is 4.31 Å². The zero-order valence-electron chi connectivity index (χ0n) is 22.9. The van der Waals surface area contributed by atoms with Crippen LogP contribution in [0.5, 0.6) is 5.75 Å². The van der Waals surface area contributed by atoms with Gasteiger partial charge in [-0.3, -0.25) is 9.59 Å². The average molecular weight is 540 g/mol. The molecule has 0 fully saturated rings. The van der Waals surface area contributed by atoms with Crippen molar-refractivity contribution in [2.45, 2.75) is 57.1 Å². The molecule has 3 aromatic rings. The standard InChI is InChI=1S/C29H37N3O5S/c1-7-26(28(34)30-29(2,3)4)32(19-21-11-10-14-24(17-21)37-6)27(33)20-31(5)38(35,36)25-16-15-22-12-8-9-13-23(22)18-25/h8-18,26H,7,19-20H2,1-6H3,(H,30,34). The molecule has 8 nitrogen and oxygen atoms in total. The van der Waals surface area contributed by atoms with Gasteiger partial charge in [0.15, 0.2) is 0 Å². The van der Waals surface area contributed by atoms with Crippen LogP contribution in [0.3, 0.4) is 0 Å². The van der Waals surface area contributed by atoms with Crippen LogP contribution in [0.2, 0.25) is 0 Å². The van der Waals surface area contributed by atoms with Gasteiger partial charge in [-0.15, -0.1) is 0 Å². The lowest BCUT2D eigenvalue weighted by atomic mass is 10.1. The number of ether oxygens (including phenoxy) is 1. The molecular formula is C29H37N3O5S. The van der Waals surface area contributed by atoms with E-state index in [1.165, 1.54) is 18.0 Å². The Bertz CT molecular complexity index is 1400. The Morgan fingerprint density at radius 2 is 1.66 bits per heavy atom. The van der Waals surface area contributed by atoms with Crippen molar-refractivity contribution in [3.8, 4) is 5.75 Å². The highest BCUT2D eigenvalue weighted by molar-refractivity contribution is 7.89. The molecule has 1 atom stereocenters. The first-order valence-corrected chi connectivity index (χ1v) is 14.0. The van der Waals surface area contributed by atoms with Gasteiger partial charge in [-0.05, 0) is 67.8 Å². The molecule has 3 aromatic carbocycles. The van der Waals surface area contributed by atoms with Gasteiger partial charge < -0.3 is 15.0 Å². The van der Waals surface area contributed by atoms with E-state index in [9.17, 15) is 18.0 Å². The number of amides is 2. The van der Waals surface area contributed by atoms with Crippen LogP contribution in [0.1, 0.15) is 39.7 Å². The van der Waals surface area contributed by atoms with Crippen LogP contribution in [0.15, 0.2) is 71.6 Å². The number of likely N-dealkylation sites (N-methyl/N-ethyl adjacent to an activating group) is 1. The first-order chi connectivity index (χ1) is 17.9. The predicted octanol–water partition coefficient (Wildman–Crippen LogP) is 4.19. The van der Waals surface area contributed by atoms with Crippen molar-refractivity contribution in [3.05, 3.63) is 72.3 Å². The van der Waals surface area contributed by atoms with E-state index in [0.717, 1.165) is 20.6 Å². The predicted molar refractivity (Wildman–Crippen MR) is 149 cm³/mol. The van der Waals surface area contributed by atoms with E-state index in [-0.39, 0.29) is 17.3 Å². The maximum Gasteiger partial charge on any atom is 0.243 e. The molecule has 0 radical (unpaired) electrons. The van der Waals surface area contributed by atoms with Crippen LogP contribution in [0, 0.1) is 0 Å². The van der Waals surface area contributed by atoms with Crippen LogP contribution >= 0.6 is 0 Å². The summed E-state index contributed by atoms with van der Waals surface area (Å²) in [5.74, 6) is -0.148. The summed E-state index contributed by atoms with van der Waals surface area (Å²) >= 11 is 0. The van der Waals surface area contributed by atoms with Crippen LogP contribution < -0.4 is 10.1 Å². The Morgan fingerprint density at radius 1 is 0.974 bits per heavy atom. The Kier molecular flexibility index (Phi) is 9.17. The smallest absolute Gasteiger partial charge is 0.243 e. The van der Waals surface area contributed by atoms with E-state index in [0.29, 0.717) is 12.2 Å². The van der Waals surface area contributed by atoms with Gasteiger partial charge in [0.25, 0.3) is 0 Å². The molecule has 0 aliphatic carbocycles. The number of rotatable bonds is 10. The van der Waals surface area contributed by atoms with Crippen molar-refractivity contribution in [2.75, 3.05) is 20.7 Å². The maximum atomic E-state index is 13.7. The van der Waals surface area contributed by atoms with Crippen molar-refractivity contribution in [1.29, 1.82) is 0 Å². The number of nitrogens with zero attached hydrogens (tertiary/aromatic N) is 2. The maximum absolute atomic E-state index is 13.7. The molecule has 204 valence electrons. The van der Waals surface area contributed by atoms with Crippen molar-refractivity contribution in [2.24, 2.45) is 0 Å². The Labute approximate surface area is 225 Å². The number of benzene rings is 3. The number of hydrogen-bond donors (Lipinski definition) is 1. The zero-order valence-corrected chi connectivity index (χ0v) is 23.7. The summed E-state index contributed by atoms with van der Waals surface area (Å²) in [6, 6.07) is 18.8. The summed E-state index contributed by atoms with van der Waals surface area (Å²) in [4.78, 5) is 28.4. The van der Waals surface area contributed by atoms with E-state index in [1.807, 2.05) is 64.1 Å². The average Bonchev–Trinajstić information content (AvgIpc) is 2.87. The van der Waals surface area contributed by atoms with Gasteiger partial charge in [0, 0.05) is 19.1 Å². The summed E-state index contributed by atoms with van der Waals surface area (Å²) in [6.07, 6.45) is 0.360. The van der Waals surface area contributed by atoms with E-state index in [2.05, 4.69) is 5.32 Å². The fourth-order valence-corrected chi connectivity index (χ4v) is 5.37. The van der Waals surface area contributed by atoms with Crippen LogP contribution in [-0.4, -0.2) is 61.7 Å². The van der Waals surface area contributed by atoms with Crippen molar-refractivity contribution in [3.63, 3.8) is 0 Å². The molecule has 0 saturated heterocycles. The van der Waals surface area contributed by atoms with Gasteiger partial charge >= 0.3 is 0 Å². The molecule has 0 aliphatic rings. The van der Waals surface area contributed by atoms with Crippen LogP contribution in [0.4, 0.5) is 0 Å². The lowest BCUT2D eigenvalue weighted by Gasteiger charge is -2.34. The lowest BCUT2D eigenvalue weighted by Crippen LogP contribution is -2.55. The number of fused-ring (bicyclic) bond motifs is 1. The van der Waals surface area contributed by atoms with Gasteiger partial charge in [-0.1, -0.05) is 49.4 Å². The lowest BCUT2D eigenvalue weighted by molar-refractivity contribution is -0.142. The molecule has 0 spiro atoms. The topological polar surface area (TPSA) is 96.0 Å². The molecule has 0 aliphatic heterocycles. The molecule has 1 N–H and O–H groups in total. The summed E-state index contributed by atoms with van der Waals surface area (Å²) in [7, 11) is -1.03. The first-order valence-electron chi connectivity index (χ1n) is 12.6. The minimum absolute atomic E-state index is 0.100. The number of carbonyl (C=O) groups excluding carboxylic acids is 2. The largest absolute Gasteiger partial charge is 0.497 e. The Hall–Kier alpha value is -3.43. The molecule has 0 saturated carbocycles. The van der Waals surface area contributed by atoms with E-state index in [1.54, 1.807) is 31.4 Å². The van der Waals surface area contributed by atoms with Gasteiger partial charge in [-0.25, -0.2) is 8.42 Å². The third-order valence-corrected chi connectivity index (χ3v) is 7.96. The number of hydrogen-bond acceptors (Lipinski definition) is 5. The number of carbonyl (C=O) groups is 2. The second kappa shape index (κ2) is 12.0. The molecule has 0 aromatic heterocycles. The molecule has 9 heteroatoms. The first kappa shape index (κ1) is 29.1. The molecular weight excluding hydrogens is 502 g/mol. The molecule has 0 bridgehead atoms. The molecule has 1 unspecified atom stereocenters. The van der Waals surface area contributed by atoms with E-state index in [4.69, 9.17) is 4.74 Å². The Morgan fingerprint density at radius 3 is 2.29 bits per heavy atom. The van der Waals surface area contributed by atoms with Crippen molar-refractivity contribution in [1.82, 2.24) is 14.5 Å². The fraction of sp³-hybridized carbons (Fsp3) is 0.379. The molecule has 0 heterocycles. The minimum Gasteiger partial charge on any atom is -0.497 e. The van der Waals surface area contributed by atoms with Gasteiger partial charge in [0.2, 0.25) is 21.8 Å². The van der Waals surface area contributed by atoms with Crippen LogP contribution in [0.25, 0.3) is 10.8 Å². The SMILES string of the molecule is CCC(C(=O)NC(C)(C)C)N(Cc1cccc(OC)c1)C(=O)CN(C)S(=O)(=O)c1ccc2ccccc2c1.